The Hall–Kier alpha value is -4.42. The second kappa shape index (κ2) is 12.0. The molecule has 0 bridgehead atoms. The van der Waals surface area contributed by atoms with Crippen LogP contribution in [0.3, 0.4) is 0 Å². The van der Waals surface area contributed by atoms with E-state index in [4.69, 9.17) is 16.7 Å². The van der Waals surface area contributed by atoms with E-state index in [9.17, 15) is 14.4 Å². The van der Waals surface area contributed by atoms with Crippen molar-refractivity contribution in [1.82, 2.24) is 10.2 Å². The van der Waals surface area contributed by atoms with E-state index in [1.54, 1.807) is 48.3 Å². The minimum atomic E-state index is -0.910. The van der Waals surface area contributed by atoms with Crippen molar-refractivity contribution in [2.45, 2.75) is 25.9 Å². The van der Waals surface area contributed by atoms with Crippen LogP contribution in [0.1, 0.15) is 28.0 Å². The number of anilines is 3. The third-order valence-electron chi connectivity index (χ3n) is 6.61. The predicted molar refractivity (Wildman–Crippen MR) is 160 cm³/mol. The molecule has 1 aliphatic rings. The SMILES string of the molecule is Cc1ccc(N2C(=O)C(CC(=O)Nc3ccc(Br)cc3)N(Cc3c(NC(=O)c4ccccc4)on[n+]3C)C2=S)cc1. The summed E-state index contributed by atoms with van der Waals surface area (Å²) in [6.07, 6.45) is -0.155. The molecule has 2 heterocycles. The largest absolute Gasteiger partial charge is 0.326 e. The molecule has 5 rings (SSSR count). The summed E-state index contributed by atoms with van der Waals surface area (Å²) >= 11 is 9.18. The van der Waals surface area contributed by atoms with Crippen LogP contribution >= 0.6 is 28.1 Å². The standard InChI is InChI=1S/C29H25BrN6O4S/c1-18-8-14-22(15-9-18)36-28(39)23(16-25(37)31-21-12-10-20(30)11-13-21)35(29(36)41)17-24-27(40-33-34(24)2)32-26(38)19-6-4-3-5-7-19/h3-15,23H,16-17H2,1-2H3,(H-,31,32,33,37,38)/p+1. The van der Waals surface area contributed by atoms with Crippen molar-refractivity contribution in [3.8, 4) is 0 Å². The van der Waals surface area contributed by atoms with Crippen LogP contribution in [0.2, 0.25) is 0 Å². The van der Waals surface area contributed by atoms with Gasteiger partial charge in [0.15, 0.2) is 12.2 Å². The van der Waals surface area contributed by atoms with Gasteiger partial charge in [-0.2, -0.15) is 0 Å². The van der Waals surface area contributed by atoms with Gasteiger partial charge < -0.3 is 10.2 Å². The molecule has 3 aromatic carbocycles. The first-order chi connectivity index (χ1) is 19.7. The number of amides is 3. The number of carbonyl (C=O) groups is 3. The molecule has 4 aromatic rings. The van der Waals surface area contributed by atoms with Crippen molar-refractivity contribution < 1.29 is 23.6 Å². The third kappa shape index (κ3) is 6.18. The monoisotopic (exact) mass is 633 g/mol. The highest BCUT2D eigenvalue weighted by Gasteiger charge is 2.46. The van der Waals surface area contributed by atoms with E-state index in [1.165, 1.54) is 9.58 Å². The van der Waals surface area contributed by atoms with Crippen molar-refractivity contribution in [3.63, 3.8) is 0 Å². The van der Waals surface area contributed by atoms with Gasteiger partial charge in [-0.25, -0.2) is 0 Å². The maximum atomic E-state index is 13.8. The molecule has 0 aliphatic carbocycles. The zero-order valence-corrected chi connectivity index (χ0v) is 24.6. The Balaban J connectivity index is 1.43. The number of nitrogens with zero attached hydrogens (tertiary/aromatic N) is 4. The van der Waals surface area contributed by atoms with Crippen LogP contribution in [0, 0.1) is 6.92 Å². The first-order valence-corrected chi connectivity index (χ1v) is 13.9. The average Bonchev–Trinajstić information content (AvgIpc) is 3.42. The van der Waals surface area contributed by atoms with Gasteiger partial charge in [-0.15, -0.1) is 0 Å². The van der Waals surface area contributed by atoms with Crippen LogP contribution in [0.15, 0.2) is 87.9 Å². The number of hydrogen-bond donors (Lipinski definition) is 2. The molecule has 12 heteroatoms. The average molecular weight is 635 g/mol. The summed E-state index contributed by atoms with van der Waals surface area (Å²) in [6.45, 7) is 2.00. The molecule has 1 atom stereocenters. The van der Waals surface area contributed by atoms with Gasteiger partial charge in [0.2, 0.25) is 11.2 Å². The summed E-state index contributed by atoms with van der Waals surface area (Å²) in [5, 5.41) is 9.78. The number of nitrogens with one attached hydrogen (secondary N) is 2. The number of halogens is 1. The summed E-state index contributed by atoms with van der Waals surface area (Å²) in [5.41, 5.74) is 3.14. The molecule has 3 amide bonds. The Morgan fingerprint density at radius 1 is 1.02 bits per heavy atom. The summed E-state index contributed by atoms with van der Waals surface area (Å²) in [7, 11) is 1.66. The Bertz CT molecular complexity index is 1610. The zero-order chi connectivity index (χ0) is 29.1. The number of thiocarbonyl (C=S) groups is 1. The van der Waals surface area contributed by atoms with Crippen molar-refractivity contribution in [2.75, 3.05) is 15.5 Å². The van der Waals surface area contributed by atoms with Crippen molar-refractivity contribution in [3.05, 3.63) is 100 Å². The van der Waals surface area contributed by atoms with Crippen LogP contribution < -0.4 is 20.2 Å². The third-order valence-corrected chi connectivity index (χ3v) is 7.55. The maximum absolute atomic E-state index is 13.8. The lowest BCUT2D eigenvalue weighted by atomic mass is 10.1. The van der Waals surface area contributed by atoms with Gasteiger partial charge in [0.05, 0.1) is 12.1 Å². The molecule has 0 saturated carbocycles. The molecular weight excluding hydrogens is 608 g/mol. The van der Waals surface area contributed by atoms with Crippen LogP contribution in [0.25, 0.3) is 0 Å². The number of rotatable bonds is 8. The number of carbonyl (C=O) groups excluding carboxylic acids is 3. The first-order valence-electron chi connectivity index (χ1n) is 12.7. The van der Waals surface area contributed by atoms with Crippen LogP contribution in [-0.4, -0.2) is 39.0 Å². The van der Waals surface area contributed by atoms with Crippen LogP contribution in [0.5, 0.6) is 0 Å². The molecule has 2 N–H and O–H groups in total. The van der Waals surface area contributed by atoms with Crippen molar-refractivity contribution in [1.29, 1.82) is 0 Å². The molecular formula is C29H26BrN6O4S+. The summed E-state index contributed by atoms with van der Waals surface area (Å²) in [4.78, 5) is 42.8. The Morgan fingerprint density at radius 3 is 2.39 bits per heavy atom. The highest BCUT2D eigenvalue weighted by Crippen LogP contribution is 2.30. The highest BCUT2D eigenvalue weighted by atomic mass is 79.9. The molecule has 0 spiro atoms. The maximum Gasteiger partial charge on any atom is 0.307 e. The second-order valence-corrected chi connectivity index (χ2v) is 10.8. The van der Waals surface area contributed by atoms with Gasteiger partial charge in [0.25, 0.3) is 17.5 Å². The molecule has 1 aliphatic heterocycles. The van der Waals surface area contributed by atoms with Crippen LogP contribution in [0.4, 0.5) is 17.3 Å². The fourth-order valence-electron chi connectivity index (χ4n) is 4.41. The van der Waals surface area contributed by atoms with Crippen molar-refractivity contribution >= 4 is 68.2 Å². The van der Waals surface area contributed by atoms with Gasteiger partial charge in [0, 0.05) is 15.7 Å². The minimum absolute atomic E-state index is 0.0492. The Labute approximate surface area is 250 Å². The summed E-state index contributed by atoms with van der Waals surface area (Å²) in [5.74, 6) is -0.950. The normalized spacial score (nSPS) is 14.9. The highest BCUT2D eigenvalue weighted by molar-refractivity contribution is 9.10. The number of aromatic nitrogens is 2. The molecule has 1 fully saturated rings. The summed E-state index contributed by atoms with van der Waals surface area (Å²) < 4.78 is 7.76. The Morgan fingerprint density at radius 2 is 1.71 bits per heavy atom. The Kier molecular flexibility index (Phi) is 8.22. The van der Waals surface area contributed by atoms with Crippen molar-refractivity contribution in [2.24, 2.45) is 7.05 Å². The van der Waals surface area contributed by atoms with E-state index in [0.29, 0.717) is 22.6 Å². The quantitative estimate of drug-likeness (QED) is 0.219. The topological polar surface area (TPSA) is 112 Å². The van der Waals surface area contributed by atoms with E-state index in [0.717, 1.165) is 10.0 Å². The van der Waals surface area contributed by atoms with Gasteiger partial charge in [-0.3, -0.25) is 29.1 Å². The van der Waals surface area contributed by atoms with E-state index >= 15 is 0 Å². The molecule has 1 unspecified atom stereocenters. The number of hydrogen-bond acceptors (Lipinski definition) is 6. The number of benzene rings is 3. The molecule has 41 heavy (non-hydrogen) atoms. The fourth-order valence-corrected chi connectivity index (χ4v) is 5.06. The zero-order valence-electron chi connectivity index (χ0n) is 22.2. The molecule has 1 aromatic heterocycles. The van der Waals surface area contributed by atoms with E-state index in [-0.39, 0.29) is 41.7 Å². The summed E-state index contributed by atoms with van der Waals surface area (Å²) in [6, 6.07) is 22.3. The predicted octanol–water partition coefficient (Wildman–Crippen LogP) is 4.35. The van der Waals surface area contributed by atoms with Gasteiger partial charge in [-0.05, 0) is 72.4 Å². The lowest BCUT2D eigenvalue weighted by Gasteiger charge is -2.22. The minimum Gasteiger partial charge on any atom is -0.326 e. The number of aryl methyl sites for hydroxylation is 2. The van der Waals surface area contributed by atoms with Gasteiger partial charge in [-0.1, -0.05) is 51.8 Å². The molecule has 1 saturated heterocycles. The van der Waals surface area contributed by atoms with E-state index < -0.39 is 6.04 Å². The first kappa shape index (κ1) is 28.1. The molecule has 10 nitrogen and oxygen atoms in total. The lowest BCUT2D eigenvalue weighted by molar-refractivity contribution is -0.746. The molecule has 208 valence electrons. The second-order valence-electron chi connectivity index (χ2n) is 9.49. The molecule has 0 radical (unpaired) electrons. The van der Waals surface area contributed by atoms with E-state index in [2.05, 4.69) is 31.8 Å². The lowest BCUT2D eigenvalue weighted by Crippen LogP contribution is -2.43. The van der Waals surface area contributed by atoms with Crippen LogP contribution in [-0.2, 0) is 23.2 Å². The van der Waals surface area contributed by atoms with Gasteiger partial charge in [0.1, 0.15) is 12.6 Å². The smallest absolute Gasteiger partial charge is 0.307 e. The van der Waals surface area contributed by atoms with Gasteiger partial charge >= 0.3 is 5.88 Å². The van der Waals surface area contributed by atoms with E-state index in [1.807, 2.05) is 49.4 Å². The fraction of sp³-hybridized carbons (Fsp3) is 0.172.